The summed E-state index contributed by atoms with van der Waals surface area (Å²) in [6.07, 6.45) is 6.81. The zero-order valence-corrected chi connectivity index (χ0v) is 17.8. The van der Waals surface area contributed by atoms with Gasteiger partial charge >= 0.3 is 0 Å². The van der Waals surface area contributed by atoms with E-state index in [4.69, 9.17) is 4.99 Å². The Balaban J connectivity index is 1.30. The van der Waals surface area contributed by atoms with Gasteiger partial charge < -0.3 is 15.5 Å². The third-order valence-corrected chi connectivity index (χ3v) is 5.39. The molecular weight excluding hydrogens is 376 g/mol. The lowest BCUT2D eigenvalue weighted by Gasteiger charge is -2.33. The van der Waals surface area contributed by atoms with Crippen molar-refractivity contribution in [2.24, 2.45) is 4.99 Å². The molecule has 0 aromatic carbocycles. The molecule has 8 nitrogen and oxygen atoms in total. The quantitative estimate of drug-likeness (QED) is 0.482. The van der Waals surface area contributed by atoms with E-state index >= 15 is 0 Å². The largest absolute Gasteiger partial charge is 0.357 e. The molecule has 0 radical (unpaired) electrons. The Labute approximate surface area is 177 Å². The molecule has 1 aliphatic rings. The molecule has 0 amide bonds. The molecule has 1 saturated heterocycles. The van der Waals surface area contributed by atoms with Gasteiger partial charge in [0.1, 0.15) is 11.6 Å². The number of nitrogens with one attached hydrogen (secondary N) is 2. The Morgan fingerprint density at radius 3 is 2.80 bits per heavy atom. The highest BCUT2D eigenvalue weighted by Gasteiger charge is 2.20. The third-order valence-electron chi connectivity index (χ3n) is 5.39. The van der Waals surface area contributed by atoms with Crippen LogP contribution in [0.2, 0.25) is 0 Å². The van der Waals surface area contributed by atoms with Crippen molar-refractivity contribution >= 4 is 17.4 Å². The number of rotatable bonds is 6. The van der Waals surface area contributed by atoms with Crippen LogP contribution in [-0.2, 0) is 6.42 Å². The first-order valence-electron chi connectivity index (χ1n) is 10.7. The van der Waals surface area contributed by atoms with Crippen LogP contribution in [0.3, 0.4) is 0 Å². The first kappa shape index (κ1) is 20.1. The smallest absolute Gasteiger partial charge is 0.191 e. The van der Waals surface area contributed by atoms with Crippen LogP contribution in [0.5, 0.6) is 0 Å². The lowest BCUT2D eigenvalue weighted by Crippen LogP contribution is -2.49. The molecular formula is C22H30N8. The summed E-state index contributed by atoms with van der Waals surface area (Å²) < 4.78 is 2.02. The average Bonchev–Trinajstić information content (AvgIpc) is 3.18. The average molecular weight is 407 g/mol. The zero-order valence-electron chi connectivity index (χ0n) is 17.8. The minimum Gasteiger partial charge on any atom is -0.357 e. The Bertz CT molecular complexity index is 970. The second-order valence-electron chi connectivity index (χ2n) is 7.66. The van der Waals surface area contributed by atoms with Crippen molar-refractivity contribution in [3.8, 4) is 0 Å². The van der Waals surface area contributed by atoms with E-state index in [1.807, 2.05) is 35.0 Å². The maximum atomic E-state index is 4.76. The maximum Gasteiger partial charge on any atom is 0.191 e. The van der Waals surface area contributed by atoms with Gasteiger partial charge in [0.15, 0.2) is 11.6 Å². The summed E-state index contributed by atoms with van der Waals surface area (Å²) >= 11 is 0. The Hall–Kier alpha value is -3.16. The molecule has 8 heteroatoms. The summed E-state index contributed by atoms with van der Waals surface area (Å²) in [5, 5.41) is 15.5. The molecule has 0 aliphatic carbocycles. The second kappa shape index (κ2) is 9.56. The lowest BCUT2D eigenvalue weighted by molar-refractivity contribution is 0.459. The van der Waals surface area contributed by atoms with Gasteiger partial charge in [-0.15, -0.1) is 10.2 Å². The van der Waals surface area contributed by atoms with Crippen molar-refractivity contribution < 1.29 is 0 Å². The van der Waals surface area contributed by atoms with Gasteiger partial charge in [-0.05, 0) is 50.5 Å². The van der Waals surface area contributed by atoms with E-state index in [-0.39, 0.29) is 0 Å². The molecule has 0 saturated carbocycles. The van der Waals surface area contributed by atoms with Gasteiger partial charge in [-0.3, -0.25) is 9.39 Å². The van der Waals surface area contributed by atoms with Crippen LogP contribution >= 0.6 is 0 Å². The van der Waals surface area contributed by atoms with Crippen LogP contribution in [0.1, 0.15) is 31.2 Å². The number of aryl methyl sites for hydroxylation is 1. The summed E-state index contributed by atoms with van der Waals surface area (Å²) in [5.74, 6) is 2.88. The van der Waals surface area contributed by atoms with Gasteiger partial charge in [0.25, 0.3) is 0 Å². The normalized spacial score (nSPS) is 15.5. The highest BCUT2D eigenvalue weighted by molar-refractivity contribution is 5.80. The summed E-state index contributed by atoms with van der Waals surface area (Å²) in [4.78, 5) is 11.7. The summed E-state index contributed by atoms with van der Waals surface area (Å²) in [7, 11) is 0. The summed E-state index contributed by atoms with van der Waals surface area (Å²) in [6, 6.07) is 10.6. The molecule has 4 heterocycles. The number of nitrogens with zero attached hydrogens (tertiary/aromatic N) is 6. The number of anilines is 1. The van der Waals surface area contributed by atoms with E-state index in [1.54, 1.807) is 0 Å². The molecule has 3 aromatic heterocycles. The molecule has 30 heavy (non-hydrogen) atoms. The van der Waals surface area contributed by atoms with E-state index in [2.05, 4.69) is 56.7 Å². The van der Waals surface area contributed by atoms with Crippen molar-refractivity contribution in [2.75, 3.05) is 31.1 Å². The highest BCUT2D eigenvalue weighted by Crippen LogP contribution is 2.18. The predicted molar refractivity (Wildman–Crippen MR) is 120 cm³/mol. The lowest BCUT2D eigenvalue weighted by atomic mass is 10.1. The third kappa shape index (κ3) is 4.87. The van der Waals surface area contributed by atoms with Crippen molar-refractivity contribution in [2.45, 2.75) is 39.2 Å². The molecule has 4 rings (SSSR count). The van der Waals surface area contributed by atoms with Crippen LogP contribution in [0.25, 0.3) is 5.65 Å². The van der Waals surface area contributed by atoms with E-state index in [9.17, 15) is 0 Å². The number of hydrogen-bond acceptors (Lipinski definition) is 5. The zero-order chi connectivity index (χ0) is 20.8. The monoisotopic (exact) mass is 406 g/mol. The molecule has 2 N–H and O–H groups in total. The summed E-state index contributed by atoms with van der Waals surface area (Å²) in [6.45, 7) is 7.66. The highest BCUT2D eigenvalue weighted by atomic mass is 15.3. The van der Waals surface area contributed by atoms with E-state index < -0.39 is 0 Å². The number of guanidine groups is 1. The van der Waals surface area contributed by atoms with Crippen LogP contribution in [0.4, 0.5) is 5.82 Å². The molecule has 158 valence electrons. The maximum absolute atomic E-state index is 4.76. The summed E-state index contributed by atoms with van der Waals surface area (Å²) in [5.41, 5.74) is 2.07. The van der Waals surface area contributed by atoms with E-state index in [0.29, 0.717) is 12.6 Å². The fourth-order valence-corrected chi connectivity index (χ4v) is 3.74. The Kier molecular flexibility index (Phi) is 6.41. The fraction of sp³-hybridized carbons (Fsp3) is 0.455. The van der Waals surface area contributed by atoms with Crippen LogP contribution < -0.4 is 15.5 Å². The Morgan fingerprint density at radius 2 is 2.03 bits per heavy atom. The standard InChI is InChI=1S/C22H30N8/c1-3-23-22(24-12-9-21-28-27-20-6-4-5-13-30(20)21)26-18-10-14-29(15-11-18)19-8-7-17(2)16-25-19/h4-8,13,16,18H,3,9-12,14-15H2,1-2H3,(H2,23,24,26). The van der Waals surface area contributed by atoms with Gasteiger partial charge in [-0.2, -0.15) is 0 Å². The topological polar surface area (TPSA) is 82.7 Å². The number of hydrogen-bond donors (Lipinski definition) is 2. The molecule has 0 atom stereocenters. The number of aromatic nitrogens is 4. The number of pyridine rings is 2. The Morgan fingerprint density at radius 1 is 1.17 bits per heavy atom. The second-order valence-corrected chi connectivity index (χ2v) is 7.66. The minimum absolute atomic E-state index is 0.415. The van der Waals surface area contributed by atoms with Crippen LogP contribution in [-0.4, -0.2) is 57.8 Å². The molecule has 0 bridgehead atoms. The van der Waals surface area contributed by atoms with Crippen LogP contribution in [0.15, 0.2) is 47.7 Å². The van der Waals surface area contributed by atoms with Crippen molar-refractivity contribution in [1.29, 1.82) is 0 Å². The number of fused-ring (bicyclic) bond motifs is 1. The first-order valence-corrected chi connectivity index (χ1v) is 10.7. The van der Waals surface area contributed by atoms with Crippen LogP contribution in [0, 0.1) is 6.92 Å². The van der Waals surface area contributed by atoms with Crippen molar-refractivity contribution in [3.05, 3.63) is 54.1 Å². The van der Waals surface area contributed by atoms with Crippen molar-refractivity contribution in [3.63, 3.8) is 0 Å². The molecule has 1 aliphatic heterocycles. The van der Waals surface area contributed by atoms with E-state index in [1.165, 1.54) is 5.56 Å². The van der Waals surface area contributed by atoms with Gasteiger partial charge in [-0.1, -0.05) is 12.1 Å². The minimum atomic E-state index is 0.415. The molecule has 0 unspecified atom stereocenters. The first-order chi connectivity index (χ1) is 14.7. The number of aliphatic imine (C=N–C) groups is 1. The molecule has 1 fully saturated rings. The van der Waals surface area contributed by atoms with Gasteiger partial charge in [0.2, 0.25) is 0 Å². The number of piperidine rings is 1. The van der Waals surface area contributed by atoms with Gasteiger partial charge in [0, 0.05) is 51.0 Å². The SMILES string of the molecule is CCNC(=NCCc1nnc2ccccn12)NC1CCN(c2ccc(C)cn2)CC1. The van der Waals surface area contributed by atoms with Gasteiger partial charge in [-0.25, -0.2) is 4.98 Å². The van der Waals surface area contributed by atoms with Crippen molar-refractivity contribution in [1.82, 2.24) is 30.2 Å². The molecule has 0 spiro atoms. The fourth-order valence-electron chi connectivity index (χ4n) is 3.74. The predicted octanol–water partition coefficient (Wildman–Crippen LogP) is 2.20. The van der Waals surface area contributed by atoms with Gasteiger partial charge in [0.05, 0.1) is 0 Å². The van der Waals surface area contributed by atoms with E-state index in [0.717, 1.165) is 62.1 Å². The molecule has 3 aromatic rings.